The maximum absolute atomic E-state index is 5.07. The van der Waals surface area contributed by atoms with E-state index in [-0.39, 0.29) is 0 Å². The zero-order valence-electron chi connectivity index (χ0n) is 5.63. The predicted molar refractivity (Wildman–Crippen MR) is 54.7 cm³/mol. The Morgan fingerprint density at radius 1 is 1.82 bits per heavy atom. The number of hydrogen-bond acceptors (Lipinski definition) is 3. The fraction of sp³-hybridized carbons (Fsp3) is 0.143. The lowest BCUT2D eigenvalue weighted by Crippen LogP contribution is -2.01. The molecule has 0 aliphatic rings. The molecule has 0 aromatic carbocycles. The van der Waals surface area contributed by atoms with Gasteiger partial charge in [-0.2, -0.15) is 0 Å². The van der Waals surface area contributed by atoms with E-state index in [4.69, 9.17) is 6.42 Å². The maximum atomic E-state index is 5.07. The minimum absolute atomic E-state index is 0.592. The largest absolute Gasteiger partial charge is 0.247 e. The second kappa shape index (κ2) is 4.83. The van der Waals surface area contributed by atoms with E-state index in [1.165, 1.54) is 4.21 Å². The third-order valence-electron chi connectivity index (χ3n) is 0.924. The quantitative estimate of drug-likeness (QED) is 0.501. The van der Waals surface area contributed by atoms with Crippen molar-refractivity contribution in [1.82, 2.24) is 4.72 Å². The lowest BCUT2D eigenvalue weighted by Gasteiger charge is -1.95. The van der Waals surface area contributed by atoms with E-state index in [0.29, 0.717) is 6.54 Å². The Kier molecular flexibility index (Phi) is 4.02. The molecule has 0 unspecified atom stereocenters. The summed E-state index contributed by atoms with van der Waals surface area (Å²) in [5.74, 6) is 2.51. The van der Waals surface area contributed by atoms with E-state index >= 15 is 0 Å². The zero-order chi connectivity index (χ0) is 8.10. The standard InChI is InChI=1S/C7H6BrNS2/c1-2-4-9-11-7-6(8)3-5-10-7/h1,3,5,9H,4H2. The smallest absolute Gasteiger partial charge is 0.0893 e. The average Bonchev–Trinajstić information content (AvgIpc) is 2.37. The molecule has 4 heteroatoms. The molecule has 1 aromatic rings. The van der Waals surface area contributed by atoms with E-state index in [2.05, 4.69) is 26.6 Å². The van der Waals surface area contributed by atoms with Gasteiger partial charge in [0.1, 0.15) is 0 Å². The van der Waals surface area contributed by atoms with E-state index in [1.54, 1.807) is 23.3 Å². The number of terminal acetylenes is 1. The van der Waals surface area contributed by atoms with E-state index in [1.807, 2.05) is 11.4 Å². The van der Waals surface area contributed by atoms with Crippen molar-refractivity contribution in [2.75, 3.05) is 6.54 Å². The molecule has 1 nitrogen and oxygen atoms in total. The molecule has 0 aliphatic carbocycles. The second-order valence-corrected chi connectivity index (χ2v) is 4.61. The van der Waals surface area contributed by atoms with Crippen molar-refractivity contribution >= 4 is 39.2 Å². The molecule has 0 amide bonds. The van der Waals surface area contributed by atoms with Gasteiger partial charge in [0.2, 0.25) is 0 Å². The van der Waals surface area contributed by atoms with Crippen molar-refractivity contribution in [3.8, 4) is 12.3 Å². The monoisotopic (exact) mass is 247 g/mol. The van der Waals surface area contributed by atoms with Crippen LogP contribution in [0.4, 0.5) is 0 Å². The molecule has 1 rings (SSSR count). The molecule has 1 aromatic heterocycles. The van der Waals surface area contributed by atoms with Gasteiger partial charge in [0.05, 0.1) is 10.8 Å². The molecule has 1 heterocycles. The van der Waals surface area contributed by atoms with Crippen LogP contribution in [-0.4, -0.2) is 6.54 Å². The highest BCUT2D eigenvalue weighted by Gasteiger charge is 1.99. The van der Waals surface area contributed by atoms with Gasteiger partial charge in [0, 0.05) is 4.47 Å². The van der Waals surface area contributed by atoms with Crippen molar-refractivity contribution in [3.05, 3.63) is 15.9 Å². The second-order valence-electron chi connectivity index (χ2n) is 1.68. The Balaban J connectivity index is 2.40. The third-order valence-corrected chi connectivity index (χ3v) is 4.05. The molecular weight excluding hydrogens is 242 g/mol. The lowest BCUT2D eigenvalue weighted by atomic mass is 10.7. The Bertz CT molecular complexity index is 264. The molecular formula is C7H6BrNS2. The Morgan fingerprint density at radius 2 is 2.64 bits per heavy atom. The molecule has 0 fully saturated rings. The van der Waals surface area contributed by atoms with Gasteiger partial charge in [-0.15, -0.1) is 17.8 Å². The molecule has 11 heavy (non-hydrogen) atoms. The summed E-state index contributed by atoms with van der Waals surface area (Å²) in [7, 11) is 0. The number of thiophene rings is 1. The SMILES string of the molecule is C#CCNSc1sccc1Br. The van der Waals surface area contributed by atoms with Crippen molar-refractivity contribution in [2.45, 2.75) is 4.21 Å². The van der Waals surface area contributed by atoms with Gasteiger partial charge in [-0.05, 0) is 39.3 Å². The first kappa shape index (κ1) is 9.14. The molecule has 0 saturated heterocycles. The molecule has 0 saturated carbocycles. The maximum Gasteiger partial charge on any atom is 0.0893 e. The minimum atomic E-state index is 0.592. The number of rotatable bonds is 3. The molecule has 0 spiro atoms. The predicted octanol–water partition coefficient (Wildman–Crippen LogP) is 2.74. The first-order chi connectivity index (χ1) is 5.34. The summed E-state index contributed by atoms with van der Waals surface area (Å²) >= 11 is 6.66. The van der Waals surface area contributed by atoms with Crippen LogP contribution in [-0.2, 0) is 0 Å². The Labute approximate surface area is 82.8 Å². The van der Waals surface area contributed by atoms with Gasteiger partial charge in [-0.25, -0.2) is 4.72 Å². The molecule has 0 radical (unpaired) electrons. The van der Waals surface area contributed by atoms with Crippen molar-refractivity contribution in [3.63, 3.8) is 0 Å². The van der Waals surface area contributed by atoms with Crippen LogP contribution in [0.2, 0.25) is 0 Å². The zero-order valence-corrected chi connectivity index (χ0v) is 8.85. The summed E-state index contributed by atoms with van der Waals surface area (Å²) in [5.41, 5.74) is 0. The van der Waals surface area contributed by atoms with Crippen molar-refractivity contribution in [2.24, 2.45) is 0 Å². The first-order valence-corrected chi connectivity index (χ1v) is 5.39. The summed E-state index contributed by atoms with van der Waals surface area (Å²) in [4.78, 5) is 0. The van der Waals surface area contributed by atoms with Crippen LogP contribution in [0.3, 0.4) is 0 Å². The van der Waals surface area contributed by atoms with Crippen LogP contribution in [0.15, 0.2) is 20.1 Å². The van der Waals surface area contributed by atoms with Gasteiger partial charge >= 0.3 is 0 Å². The summed E-state index contributed by atoms with van der Waals surface area (Å²) in [6.07, 6.45) is 5.07. The number of halogens is 1. The molecule has 0 atom stereocenters. The summed E-state index contributed by atoms with van der Waals surface area (Å²) in [6, 6.07) is 2.02. The van der Waals surface area contributed by atoms with Crippen LogP contribution in [0.5, 0.6) is 0 Å². The van der Waals surface area contributed by atoms with E-state index < -0.39 is 0 Å². The van der Waals surface area contributed by atoms with Crippen LogP contribution < -0.4 is 4.72 Å². The number of nitrogens with one attached hydrogen (secondary N) is 1. The summed E-state index contributed by atoms with van der Waals surface area (Å²) in [6.45, 7) is 0.592. The lowest BCUT2D eigenvalue weighted by molar-refractivity contribution is 1.16. The highest BCUT2D eigenvalue weighted by Crippen LogP contribution is 2.30. The summed E-state index contributed by atoms with van der Waals surface area (Å²) in [5, 5.41) is 2.03. The Hall–Kier alpha value is 0.0500. The fourth-order valence-electron chi connectivity index (χ4n) is 0.496. The van der Waals surface area contributed by atoms with Gasteiger partial charge in [0.15, 0.2) is 0 Å². The van der Waals surface area contributed by atoms with Crippen molar-refractivity contribution in [1.29, 1.82) is 0 Å². The van der Waals surface area contributed by atoms with Gasteiger partial charge in [-0.1, -0.05) is 5.92 Å². The molecule has 0 bridgehead atoms. The average molecular weight is 248 g/mol. The van der Waals surface area contributed by atoms with Gasteiger partial charge in [0.25, 0.3) is 0 Å². The highest BCUT2D eigenvalue weighted by atomic mass is 79.9. The fourth-order valence-corrected chi connectivity index (χ4v) is 2.82. The first-order valence-electron chi connectivity index (χ1n) is 2.90. The summed E-state index contributed by atoms with van der Waals surface area (Å²) < 4.78 is 5.37. The molecule has 0 aliphatic heterocycles. The van der Waals surface area contributed by atoms with Crippen molar-refractivity contribution < 1.29 is 0 Å². The highest BCUT2D eigenvalue weighted by molar-refractivity contribution is 9.10. The molecule has 58 valence electrons. The van der Waals surface area contributed by atoms with E-state index in [9.17, 15) is 0 Å². The van der Waals surface area contributed by atoms with Crippen LogP contribution in [0.25, 0.3) is 0 Å². The minimum Gasteiger partial charge on any atom is -0.247 e. The molecule has 1 N–H and O–H groups in total. The topological polar surface area (TPSA) is 12.0 Å². The van der Waals surface area contributed by atoms with Gasteiger partial charge in [-0.3, -0.25) is 0 Å². The normalized spacial score (nSPS) is 9.45. The van der Waals surface area contributed by atoms with Crippen LogP contribution >= 0.6 is 39.2 Å². The van der Waals surface area contributed by atoms with Crippen LogP contribution in [0.1, 0.15) is 0 Å². The van der Waals surface area contributed by atoms with E-state index in [0.717, 1.165) is 4.47 Å². The third kappa shape index (κ3) is 2.88. The van der Waals surface area contributed by atoms with Crippen LogP contribution in [0, 0.1) is 12.3 Å². The Morgan fingerprint density at radius 3 is 3.18 bits per heavy atom. The van der Waals surface area contributed by atoms with Gasteiger partial charge < -0.3 is 0 Å². The number of hydrogen-bond donors (Lipinski definition) is 1.